The summed E-state index contributed by atoms with van der Waals surface area (Å²) in [6.07, 6.45) is 0. The van der Waals surface area contributed by atoms with Crippen LogP contribution in [0.25, 0.3) is 0 Å². The van der Waals surface area contributed by atoms with Gasteiger partial charge < -0.3 is 10.8 Å². The van der Waals surface area contributed by atoms with Gasteiger partial charge in [-0.1, -0.05) is 0 Å². The van der Waals surface area contributed by atoms with E-state index in [4.69, 9.17) is 16.1 Å². The number of nitrogen functional groups attached to an aromatic ring is 1. The van der Waals surface area contributed by atoms with Crippen LogP contribution in [0.4, 0.5) is 5.69 Å². The van der Waals surface area contributed by atoms with Crippen LogP contribution < -0.4 is 5.73 Å². The molecule has 1 rings (SSSR count). The first-order valence-corrected chi connectivity index (χ1v) is 6.67. The first-order chi connectivity index (χ1) is 8.34. The molecule has 0 aliphatic rings. The number of nitrogens with zero attached hydrogens (tertiary/aromatic N) is 2. The van der Waals surface area contributed by atoms with Gasteiger partial charge in [-0.15, -0.1) is 0 Å². The average Bonchev–Trinajstić information content (AvgIpc) is 2.36. The largest absolute Gasteiger partial charge is 0.399 e. The molecule has 98 valence electrons. The van der Waals surface area contributed by atoms with Gasteiger partial charge in [-0.05, 0) is 25.1 Å². The number of likely N-dealkylation sites (N-methyl/N-ethyl adjacent to an activating group) is 1. The molecule has 6 nitrogen and oxygen atoms in total. The van der Waals surface area contributed by atoms with Gasteiger partial charge in [0.1, 0.15) is 11.0 Å². The number of benzene rings is 1. The Kier molecular flexibility index (Phi) is 4.29. The molecule has 0 fully saturated rings. The quantitative estimate of drug-likeness (QED) is 0.756. The van der Waals surface area contributed by atoms with E-state index in [9.17, 15) is 8.42 Å². The molecular formula is C11H15N3O3S. The minimum absolute atomic E-state index is 0.00742. The number of anilines is 1. The van der Waals surface area contributed by atoms with E-state index in [1.54, 1.807) is 13.0 Å². The lowest BCUT2D eigenvalue weighted by Gasteiger charge is -2.23. The lowest BCUT2D eigenvalue weighted by atomic mass is 10.2. The van der Waals surface area contributed by atoms with Crippen LogP contribution in [-0.2, 0) is 10.0 Å². The zero-order valence-electron chi connectivity index (χ0n) is 10.2. The maximum absolute atomic E-state index is 12.2. The van der Waals surface area contributed by atoms with Crippen molar-refractivity contribution in [2.45, 2.75) is 17.9 Å². The molecule has 1 aromatic rings. The van der Waals surface area contributed by atoms with Gasteiger partial charge in [0.2, 0.25) is 10.0 Å². The highest BCUT2D eigenvalue weighted by Gasteiger charge is 2.27. The van der Waals surface area contributed by atoms with Gasteiger partial charge in [0, 0.05) is 18.8 Å². The third-order valence-electron chi connectivity index (χ3n) is 2.67. The fraction of sp³-hybridized carbons (Fsp3) is 0.364. The van der Waals surface area contributed by atoms with Gasteiger partial charge in [-0.2, -0.15) is 9.57 Å². The topological polar surface area (TPSA) is 107 Å². The van der Waals surface area contributed by atoms with Crippen molar-refractivity contribution in [2.24, 2.45) is 0 Å². The van der Waals surface area contributed by atoms with Crippen LogP contribution in [0.2, 0.25) is 0 Å². The summed E-state index contributed by atoms with van der Waals surface area (Å²) in [5, 5.41) is 17.9. The number of sulfonamides is 1. The lowest BCUT2D eigenvalue weighted by Crippen LogP contribution is -2.37. The molecule has 7 heteroatoms. The van der Waals surface area contributed by atoms with E-state index in [2.05, 4.69) is 0 Å². The summed E-state index contributed by atoms with van der Waals surface area (Å²) >= 11 is 0. The minimum Gasteiger partial charge on any atom is -0.399 e. The summed E-state index contributed by atoms with van der Waals surface area (Å²) < 4.78 is 25.5. The highest BCUT2D eigenvalue weighted by molar-refractivity contribution is 7.89. The maximum Gasteiger partial charge on any atom is 0.244 e. The minimum atomic E-state index is -3.81. The first-order valence-electron chi connectivity index (χ1n) is 5.23. The molecule has 0 saturated heterocycles. The van der Waals surface area contributed by atoms with E-state index in [-0.39, 0.29) is 17.1 Å². The Morgan fingerprint density at radius 2 is 2.17 bits per heavy atom. The Labute approximate surface area is 106 Å². The normalized spacial score (nSPS) is 13.3. The molecule has 1 unspecified atom stereocenters. The van der Waals surface area contributed by atoms with E-state index < -0.39 is 16.1 Å². The number of hydrogen-bond acceptors (Lipinski definition) is 5. The Morgan fingerprint density at radius 3 is 2.67 bits per heavy atom. The fourth-order valence-electron chi connectivity index (χ4n) is 1.37. The highest BCUT2D eigenvalue weighted by Crippen LogP contribution is 2.22. The number of nitriles is 1. The lowest BCUT2D eigenvalue weighted by molar-refractivity contribution is 0.214. The summed E-state index contributed by atoms with van der Waals surface area (Å²) in [5.41, 5.74) is 5.82. The van der Waals surface area contributed by atoms with Crippen LogP contribution in [0.3, 0.4) is 0 Å². The van der Waals surface area contributed by atoms with Crippen molar-refractivity contribution in [2.75, 3.05) is 19.4 Å². The molecule has 0 aliphatic carbocycles. The van der Waals surface area contributed by atoms with Gasteiger partial charge >= 0.3 is 0 Å². The Balaban J connectivity index is 3.34. The molecule has 0 radical (unpaired) electrons. The Hall–Kier alpha value is -1.62. The predicted molar refractivity (Wildman–Crippen MR) is 67.1 cm³/mol. The van der Waals surface area contributed by atoms with E-state index in [0.29, 0.717) is 5.69 Å². The van der Waals surface area contributed by atoms with Crippen LogP contribution in [0, 0.1) is 11.3 Å². The summed E-state index contributed by atoms with van der Waals surface area (Å²) in [7, 11) is -2.46. The van der Waals surface area contributed by atoms with Crippen LogP contribution >= 0.6 is 0 Å². The number of aliphatic hydroxyl groups excluding tert-OH is 1. The molecule has 1 aromatic carbocycles. The van der Waals surface area contributed by atoms with Crippen LogP contribution in [0.5, 0.6) is 0 Å². The second kappa shape index (κ2) is 5.35. The summed E-state index contributed by atoms with van der Waals surface area (Å²) in [4.78, 5) is -0.109. The van der Waals surface area contributed by atoms with Crippen molar-refractivity contribution in [3.63, 3.8) is 0 Å². The molecular weight excluding hydrogens is 254 g/mol. The standard InChI is InChI=1S/C11H15N3O3S/c1-8(7-15)14(2)18(16,17)11-4-3-10(13)5-9(11)6-12/h3-5,8,15H,7,13H2,1-2H3. The van der Waals surface area contributed by atoms with Gasteiger partial charge in [0.25, 0.3) is 0 Å². The molecule has 0 aliphatic heterocycles. The number of hydrogen-bond donors (Lipinski definition) is 2. The molecule has 0 aromatic heterocycles. The maximum atomic E-state index is 12.2. The Morgan fingerprint density at radius 1 is 1.56 bits per heavy atom. The molecule has 0 bridgehead atoms. The summed E-state index contributed by atoms with van der Waals surface area (Å²) in [5.74, 6) is 0. The van der Waals surface area contributed by atoms with E-state index >= 15 is 0 Å². The summed E-state index contributed by atoms with van der Waals surface area (Å²) in [6, 6.07) is 5.26. The number of nitrogens with two attached hydrogens (primary N) is 1. The number of rotatable bonds is 4. The van der Waals surface area contributed by atoms with Gasteiger partial charge in [0.15, 0.2) is 0 Å². The SMILES string of the molecule is CC(CO)N(C)S(=O)(=O)c1ccc(N)cc1C#N. The molecule has 3 N–H and O–H groups in total. The second-order valence-electron chi connectivity index (χ2n) is 3.92. The van der Waals surface area contributed by atoms with Gasteiger partial charge in [0.05, 0.1) is 12.2 Å². The van der Waals surface area contributed by atoms with Crippen LogP contribution in [0.1, 0.15) is 12.5 Å². The van der Waals surface area contributed by atoms with Crippen molar-refractivity contribution in [1.29, 1.82) is 5.26 Å². The highest BCUT2D eigenvalue weighted by atomic mass is 32.2. The van der Waals surface area contributed by atoms with E-state index in [0.717, 1.165) is 4.31 Å². The monoisotopic (exact) mass is 269 g/mol. The van der Waals surface area contributed by atoms with E-state index in [1.807, 2.05) is 0 Å². The van der Waals surface area contributed by atoms with Gasteiger partial charge in [-0.25, -0.2) is 8.42 Å². The van der Waals surface area contributed by atoms with Crippen molar-refractivity contribution in [1.82, 2.24) is 4.31 Å². The first kappa shape index (κ1) is 14.4. The number of aliphatic hydroxyl groups is 1. The smallest absolute Gasteiger partial charge is 0.244 e. The molecule has 18 heavy (non-hydrogen) atoms. The predicted octanol–water partition coefficient (Wildman–Crippen LogP) is 0.142. The third-order valence-corrected chi connectivity index (χ3v) is 4.70. The second-order valence-corrected chi connectivity index (χ2v) is 5.89. The molecule has 0 saturated carbocycles. The fourth-order valence-corrected chi connectivity index (χ4v) is 2.84. The molecule has 0 spiro atoms. The van der Waals surface area contributed by atoms with E-state index in [1.165, 1.54) is 25.2 Å². The Bertz CT molecular complexity index is 578. The zero-order valence-corrected chi connectivity index (χ0v) is 11.0. The van der Waals surface area contributed by atoms with Crippen molar-refractivity contribution in [3.05, 3.63) is 23.8 Å². The molecule has 1 atom stereocenters. The third kappa shape index (κ3) is 2.61. The van der Waals surface area contributed by atoms with Crippen LogP contribution in [0.15, 0.2) is 23.1 Å². The van der Waals surface area contributed by atoms with Crippen molar-refractivity contribution in [3.8, 4) is 6.07 Å². The van der Waals surface area contributed by atoms with Gasteiger partial charge in [-0.3, -0.25) is 0 Å². The molecule has 0 amide bonds. The average molecular weight is 269 g/mol. The van der Waals surface area contributed by atoms with Crippen molar-refractivity contribution < 1.29 is 13.5 Å². The van der Waals surface area contributed by atoms with Crippen LogP contribution in [-0.4, -0.2) is 37.5 Å². The van der Waals surface area contributed by atoms with Crippen molar-refractivity contribution >= 4 is 15.7 Å². The zero-order chi connectivity index (χ0) is 13.9. The molecule has 0 heterocycles. The summed E-state index contributed by atoms with van der Waals surface area (Å²) in [6.45, 7) is 1.27.